The molecule has 0 aromatic rings. The lowest BCUT2D eigenvalue weighted by Gasteiger charge is -2.17. The highest BCUT2D eigenvalue weighted by atomic mass is 15.3. The van der Waals surface area contributed by atoms with E-state index in [0.717, 1.165) is 11.8 Å². The molecule has 3 N–H and O–H groups in total. The summed E-state index contributed by atoms with van der Waals surface area (Å²) in [7, 11) is 0. The van der Waals surface area contributed by atoms with E-state index in [0.29, 0.717) is 12.0 Å². The first kappa shape index (κ1) is 11.9. The van der Waals surface area contributed by atoms with Crippen molar-refractivity contribution >= 4 is 5.84 Å². The molecule has 3 nitrogen and oxygen atoms in total. The molecule has 16 heavy (non-hydrogen) atoms. The Kier molecular flexibility index (Phi) is 4.22. The summed E-state index contributed by atoms with van der Waals surface area (Å²) >= 11 is 0. The molecular weight excluding hydrogens is 198 g/mol. The van der Waals surface area contributed by atoms with Gasteiger partial charge in [-0.2, -0.15) is 0 Å². The number of aliphatic imine (C=N–C) groups is 1. The number of nitrogens with zero attached hydrogens (tertiary/aromatic N) is 1. The Morgan fingerprint density at radius 3 is 2.25 bits per heavy atom. The molecule has 0 aromatic carbocycles. The van der Waals surface area contributed by atoms with Gasteiger partial charge in [-0.25, -0.2) is 5.84 Å². The van der Waals surface area contributed by atoms with E-state index in [1.54, 1.807) is 0 Å². The quantitative estimate of drug-likeness (QED) is 0.254. The maximum atomic E-state index is 5.61. The van der Waals surface area contributed by atoms with E-state index in [1.807, 2.05) is 0 Å². The highest BCUT2D eigenvalue weighted by molar-refractivity contribution is 5.84. The third-order valence-corrected chi connectivity index (χ3v) is 4.05. The molecule has 2 aliphatic carbocycles. The van der Waals surface area contributed by atoms with Gasteiger partial charge in [0.25, 0.3) is 0 Å². The Labute approximate surface area is 98.9 Å². The van der Waals surface area contributed by atoms with Gasteiger partial charge in [-0.1, -0.05) is 32.6 Å². The van der Waals surface area contributed by atoms with Crippen LogP contribution in [0.4, 0.5) is 0 Å². The summed E-state index contributed by atoms with van der Waals surface area (Å²) in [5, 5.41) is 0. The number of amidine groups is 1. The second kappa shape index (κ2) is 5.67. The minimum atomic E-state index is 0.523. The van der Waals surface area contributed by atoms with Gasteiger partial charge in [0.2, 0.25) is 0 Å². The Morgan fingerprint density at radius 2 is 1.75 bits per heavy atom. The lowest BCUT2D eigenvalue weighted by atomic mass is 10.0. The van der Waals surface area contributed by atoms with E-state index >= 15 is 0 Å². The lowest BCUT2D eigenvalue weighted by molar-refractivity contribution is 0.563. The maximum absolute atomic E-state index is 5.61. The van der Waals surface area contributed by atoms with Crippen LogP contribution in [0.1, 0.15) is 58.3 Å². The van der Waals surface area contributed by atoms with Crippen LogP contribution in [0.25, 0.3) is 0 Å². The molecule has 0 heterocycles. The average Bonchev–Trinajstić information content (AvgIpc) is 3.11. The van der Waals surface area contributed by atoms with Crippen LogP contribution in [0.2, 0.25) is 0 Å². The van der Waals surface area contributed by atoms with E-state index in [-0.39, 0.29) is 0 Å². The number of hydrogen-bond donors (Lipinski definition) is 2. The summed E-state index contributed by atoms with van der Waals surface area (Å²) in [5.41, 5.74) is 2.84. The number of hydrazine groups is 1. The highest BCUT2D eigenvalue weighted by Gasteiger charge is 2.31. The molecular formula is C13H25N3. The van der Waals surface area contributed by atoms with Crippen molar-refractivity contribution in [2.45, 2.75) is 64.3 Å². The molecule has 2 saturated carbocycles. The molecule has 0 aromatic heterocycles. The van der Waals surface area contributed by atoms with Gasteiger partial charge in [0.1, 0.15) is 5.84 Å². The number of hydrogen-bond acceptors (Lipinski definition) is 2. The van der Waals surface area contributed by atoms with Gasteiger partial charge in [0.15, 0.2) is 0 Å². The molecule has 0 aliphatic heterocycles. The summed E-state index contributed by atoms with van der Waals surface area (Å²) in [6.45, 7) is 2.26. The number of nitrogens with two attached hydrogens (primary N) is 1. The smallest absolute Gasteiger partial charge is 0.114 e. The van der Waals surface area contributed by atoms with Crippen LogP contribution in [0.5, 0.6) is 0 Å². The first-order valence-electron chi connectivity index (χ1n) is 6.85. The fourth-order valence-electron chi connectivity index (χ4n) is 2.69. The fraction of sp³-hybridized carbons (Fsp3) is 0.923. The lowest BCUT2D eigenvalue weighted by Crippen LogP contribution is -2.37. The average molecular weight is 223 g/mol. The third kappa shape index (κ3) is 3.21. The van der Waals surface area contributed by atoms with Crippen molar-refractivity contribution in [2.24, 2.45) is 22.7 Å². The predicted octanol–water partition coefficient (Wildman–Crippen LogP) is 2.62. The van der Waals surface area contributed by atoms with E-state index in [4.69, 9.17) is 10.8 Å². The van der Waals surface area contributed by atoms with Crippen molar-refractivity contribution in [3.05, 3.63) is 0 Å². The molecule has 92 valence electrons. The van der Waals surface area contributed by atoms with Crippen LogP contribution in [-0.4, -0.2) is 11.9 Å². The standard InChI is InChI=1S/C13H25N3/c1-10(11-8-9-11)13(16-14)15-12-6-4-2-3-5-7-12/h10-12H,2-9,14H2,1H3,(H,15,16). The van der Waals surface area contributed by atoms with Crippen molar-refractivity contribution < 1.29 is 0 Å². The zero-order valence-corrected chi connectivity index (χ0v) is 10.4. The molecule has 2 fully saturated rings. The summed E-state index contributed by atoms with van der Waals surface area (Å²) in [4.78, 5) is 4.86. The van der Waals surface area contributed by atoms with E-state index in [2.05, 4.69) is 12.3 Å². The summed E-state index contributed by atoms with van der Waals surface area (Å²) in [5.74, 6) is 8.03. The Bertz CT molecular complexity index is 238. The van der Waals surface area contributed by atoms with E-state index in [9.17, 15) is 0 Å². The van der Waals surface area contributed by atoms with Gasteiger partial charge in [-0.05, 0) is 31.6 Å². The second-order valence-corrected chi connectivity index (χ2v) is 5.43. The Balaban J connectivity index is 1.94. The molecule has 2 rings (SSSR count). The molecule has 1 atom stereocenters. The minimum absolute atomic E-state index is 0.523. The van der Waals surface area contributed by atoms with Gasteiger partial charge < -0.3 is 5.43 Å². The first-order chi connectivity index (χ1) is 7.81. The molecule has 0 saturated heterocycles. The topological polar surface area (TPSA) is 50.4 Å². The molecule has 1 unspecified atom stereocenters. The minimum Gasteiger partial charge on any atom is -0.312 e. The van der Waals surface area contributed by atoms with Crippen LogP contribution < -0.4 is 11.3 Å². The van der Waals surface area contributed by atoms with Crippen molar-refractivity contribution in [2.75, 3.05) is 0 Å². The highest BCUT2D eigenvalue weighted by Crippen LogP contribution is 2.37. The van der Waals surface area contributed by atoms with Gasteiger partial charge >= 0.3 is 0 Å². The van der Waals surface area contributed by atoms with Crippen molar-refractivity contribution in [3.63, 3.8) is 0 Å². The molecule has 0 radical (unpaired) electrons. The Hall–Kier alpha value is -0.570. The Morgan fingerprint density at radius 1 is 1.12 bits per heavy atom. The SMILES string of the molecule is CC(C(=NC1CCCCCC1)NN)C1CC1. The second-order valence-electron chi connectivity index (χ2n) is 5.43. The largest absolute Gasteiger partial charge is 0.312 e. The van der Waals surface area contributed by atoms with Crippen molar-refractivity contribution in [3.8, 4) is 0 Å². The molecule has 2 aliphatic rings. The molecule has 3 heteroatoms. The van der Waals surface area contributed by atoms with Gasteiger partial charge in [-0.3, -0.25) is 4.99 Å². The van der Waals surface area contributed by atoms with Crippen LogP contribution in [-0.2, 0) is 0 Å². The summed E-state index contributed by atoms with van der Waals surface area (Å²) < 4.78 is 0. The fourth-order valence-corrected chi connectivity index (χ4v) is 2.69. The maximum Gasteiger partial charge on any atom is 0.114 e. The normalized spacial score (nSPS) is 26.2. The van der Waals surface area contributed by atoms with Gasteiger partial charge in [0.05, 0.1) is 6.04 Å². The predicted molar refractivity (Wildman–Crippen MR) is 68.1 cm³/mol. The van der Waals surface area contributed by atoms with E-state index in [1.165, 1.54) is 51.4 Å². The summed E-state index contributed by atoms with van der Waals surface area (Å²) in [6.07, 6.45) is 10.7. The van der Waals surface area contributed by atoms with E-state index < -0.39 is 0 Å². The number of nitrogens with one attached hydrogen (secondary N) is 1. The van der Waals surface area contributed by atoms with Crippen molar-refractivity contribution in [1.82, 2.24) is 5.43 Å². The van der Waals surface area contributed by atoms with Crippen LogP contribution in [0.15, 0.2) is 4.99 Å². The zero-order chi connectivity index (χ0) is 11.4. The zero-order valence-electron chi connectivity index (χ0n) is 10.4. The molecule has 0 spiro atoms. The molecule has 0 amide bonds. The van der Waals surface area contributed by atoms with Crippen LogP contribution >= 0.6 is 0 Å². The van der Waals surface area contributed by atoms with Crippen LogP contribution in [0.3, 0.4) is 0 Å². The summed E-state index contributed by atoms with van der Waals surface area (Å²) in [6, 6.07) is 0.523. The number of rotatable bonds is 3. The monoisotopic (exact) mass is 223 g/mol. The van der Waals surface area contributed by atoms with Gasteiger partial charge in [-0.15, -0.1) is 0 Å². The van der Waals surface area contributed by atoms with Gasteiger partial charge in [0, 0.05) is 5.92 Å². The van der Waals surface area contributed by atoms with Crippen molar-refractivity contribution in [1.29, 1.82) is 0 Å². The molecule has 0 bridgehead atoms. The van der Waals surface area contributed by atoms with Crippen LogP contribution in [0, 0.1) is 11.8 Å². The first-order valence-corrected chi connectivity index (χ1v) is 6.85. The third-order valence-electron chi connectivity index (χ3n) is 4.05.